The van der Waals surface area contributed by atoms with Gasteiger partial charge in [0.05, 0.1) is 19.8 Å². The number of carbonyl (C=O) groups excluding carboxylic acids is 1. The molecule has 8 heteroatoms. The molecule has 0 saturated carbocycles. The molecule has 0 aliphatic heterocycles. The van der Waals surface area contributed by atoms with Crippen molar-refractivity contribution in [1.29, 1.82) is 0 Å². The second-order valence-corrected chi connectivity index (χ2v) is 6.87. The molecule has 0 atom stereocenters. The summed E-state index contributed by atoms with van der Waals surface area (Å²) in [7, 11) is 3.48. The van der Waals surface area contributed by atoms with E-state index in [1.165, 1.54) is 0 Å². The van der Waals surface area contributed by atoms with Crippen LogP contribution in [0.25, 0.3) is 17.2 Å². The van der Waals surface area contributed by atoms with Gasteiger partial charge in [0.15, 0.2) is 5.58 Å². The first-order valence-corrected chi connectivity index (χ1v) is 10.4. The van der Waals surface area contributed by atoms with E-state index in [2.05, 4.69) is 4.98 Å². The van der Waals surface area contributed by atoms with Crippen molar-refractivity contribution in [3.63, 3.8) is 0 Å². The van der Waals surface area contributed by atoms with Crippen LogP contribution >= 0.6 is 0 Å². The Morgan fingerprint density at radius 2 is 1.84 bits per heavy atom. The van der Waals surface area contributed by atoms with Crippen molar-refractivity contribution in [1.82, 2.24) is 4.98 Å². The van der Waals surface area contributed by atoms with Crippen LogP contribution < -0.4 is 9.64 Å². The molecule has 0 aliphatic carbocycles. The van der Waals surface area contributed by atoms with Gasteiger partial charge < -0.3 is 28.3 Å². The van der Waals surface area contributed by atoms with Crippen molar-refractivity contribution in [3.05, 3.63) is 59.9 Å². The van der Waals surface area contributed by atoms with Crippen molar-refractivity contribution < 1.29 is 28.2 Å². The predicted octanol–water partition coefficient (Wildman–Crippen LogP) is 3.91. The number of aromatic nitrogens is 1. The standard InChI is InChI=1S/C24H28N2O6/c1-4-29-23(27)22(31-16-15-28-3)17-18-9-11-19(12-10-18)30-14-13-26(2)24-25-20-7-5-6-8-21(20)32-24/h5-12,17H,4,13-16H2,1-3H3. The topological polar surface area (TPSA) is 83.3 Å². The molecular formula is C24H28N2O6. The number of methoxy groups -OCH3 is 1. The van der Waals surface area contributed by atoms with Gasteiger partial charge in [0.25, 0.3) is 6.01 Å². The number of oxazole rings is 1. The van der Waals surface area contributed by atoms with Crippen LogP contribution in [0.3, 0.4) is 0 Å². The zero-order valence-electron chi connectivity index (χ0n) is 18.6. The molecule has 1 heterocycles. The number of rotatable bonds is 12. The summed E-state index contributed by atoms with van der Waals surface area (Å²) in [5.74, 6) is 0.342. The van der Waals surface area contributed by atoms with Gasteiger partial charge in [-0.15, -0.1) is 0 Å². The number of benzene rings is 2. The van der Waals surface area contributed by atoms with E-state index in [1.807, 2.05) is 60.5 Å². The first-order valence-electron chi connectivity index (χ1n) is 10.4. The number of nitrogens with zero attached hydrogens (tertiary/aromatic N) is 2. The van der Waals surface area contributed by atoms with E-state index in [1.54, 1.807) is 20.1 Å². The molecule has 1 aromatic heterocycles. The minimum atomic E-state index is -0.508. The number of ether oxygens (including phenoxy) is 4. The Hall–Kier alpha value is -3.52. The molecule has 0 N–H and O–H groups in total. The largest absolute Gasteiger partial charge is 0.492 e. The average molecular weight is 440 g/mol. The van der Waals surface area contributed by atoms with Gasteiger partial charge in [-0.3, -0.25) is 0 Å². The third-order valence-electron chi connectivity index (χ3n) is 4.50. The first-order chi connectivity index (χ1) is 15.6. The number of esters is 1. The first kappa shape index (κ1) is 23.1. The Kier molecular flexibility index (Phi) is 8.51. The number of para-hydroxylation sites is 2. The number of hydrogen-bond donors (Lipinski definition) is 0. The lowest BCUT2D eigenvalue weighted by Gasteiger charge is -2.15. The fourth-order valence-electron chi connectivity index (χ4n) is 2.83. The SMILES string of the molecule is CCOC(=O)C(=Cc1ccc(OCCN(C)c2nc3ccccc3o2)cc1)OCCOC. The summed E-state index contributed by atoms with van der Waals surface area (Å²) in [6.07, 6.45) is 1.64. The highest BCUT2D eigenvalue weighted by molar-refractivity contribution is 5.91. The van der Waals surface area contributed by atoms with Crippen molar-refractivity contribution in [2.45, 2.75) is 6.92 Å². The van der Waals surface area contributed by atoms with Crippen LogP contribution in [0.2, 0.25) is 0 Å². The molecule has 0 aliphatic rings. The molecule has 3 aromatic rings. The summed E-state index contributed by atoms with van der Waals surface area (Å²) < 4.78 is 27.1. The van der Waals surface area contributed by atoms with E-state index < -0.39 is 5.97 Å². The van der Waals surface area contributed by atoms with Gasteiger partial charge in [-0.05, 0) is 42.8 Å². The van der Waals surface area contributed by atoms with Gasteiger partial charge in [-0.1, -0.05) is 24.3 Å². The molecule has 0 bridgehead atoms. The summed E-state index contributed by atoms with van der Waals surface area (Å²) in [4.78, 5) is 18.5. The summed E-state index contributed by atoms with van der Waals surface area (Å²) in [5, 5.41) is 0. The van der Waals surface area contributed by atoms with Gasteiger partial charge >= 0.3 is 5.97 Å². The Morgan fingerprint density at radius 3 is 2.56 bits per heavy atom. The highest BCUT2D eigenvalue weighted by Crippen LogP contribution is 2.21. The third-order valence-corrected chi connectivity index (χ3v) is 4.50. The summed E-state index contributed by atoms with van der Waals surface area (Å²) in [6, 6.07) is 15.6. The molecule has 0 amide bonds. The lowest BCUT2D eigenvalue weighted by molar-refractivity contribution is -0.142. The minimum absolute atomic E-state index is 0.137. The smallest absolute Gasteiger partial charge is 0.373 e. The van der Waals surface area contributed by atoms with Crippen molar-refractivity contribution in [3.8, 4) is 5.75 Å². The molecule has 3 rings (SSSR count). The lowest BCUT2D eigenvalue weighted by atomic mass is 10.2. The molecule has 0 radical (unpaired) electrons. The predicted molar refractivity (Wildman–Crippen MR) is 122 cm³/mol. The highest BCUT2D eigenvalue weighted by atomic mass is 16.6. The number of likely N-dealkylation sites (N-methyl/N-ethyl adjacent to an activating group) is 1. The second-order valence-electron chi connectivity index (χ2n) is 6.87. The van der Waals surface area contributed by atoms with E-state index in [9.17, 15) is 4.79 Å². The maximum Gasteiger partial charge on any atom is 0.373 e. The molecule has 2 aromatic carbocycles. The molecular weight excluding hydrogens is 412 g/mol. The van der Waals surface area contributed by atoms with Crippen LogP contribution in [0.15, 0.2) is 58.7 Å². The van der Waals surface area contributed by atoms with Crippen LogP contribution in [0, 0.1) is 0 Å². The highest BCUT2D eigenvalue weighted by Gasteiger charge is 2.13. The fourth-order valence-corrected chi connectivity index (χ4v) is 2.83. The third kappa shape index (κ3) is 6.49. The van der Waals surface area contributed by atoms with E-state index in [-0.39, 0.29) is 19.0 Å². The molecule has 8 nitrogen and oxygen atoms in total. The van der Waals surface area contributed by atoms with Crippen molar-refractivity contribution in [2.24, 2.45) is 0 Å². The summed E-state index contributed by atoms with van der Waals surface area (Å²) in [6.45, 7) is 3.72. The van der Waals surface area contributed by atoms with Crippen molar-refractivity contribution >= 4 is 29.2 Å². The van der Waals surface area contributed by atoms with E-state index in [0.29, 0.717) is 31.5 Å². The van der Waals surface area contributed by atoms with Crippen LogP contribution in [0.5, 0.6) is 5.75 Å². The molecule has 0 unspecified atom stereocenters. The van der Waals surface area contributed by atoms with Crippen molar-refractivity contribution in [2.75, 3.05) is 52.0 Å². The fraction of sp³-hybridized carbons (Fsp3) is 0.333. The maximum absolute atomic E-state index is 12.1. The molecule has 0 spiro atoms. The minimum Gasteiger partial charge on any atom is -0.492 e. The van der Waals surface area contributed by atoms with Gasteiger partial charge in [-0.2, -0.15) is 4.98 Å². The Balaban J connectivity index is 1.54. The van der Waals surface area contributed by atoms with Crippen LogP contribution in [0.4, 0.5) is 6.01 Å². The number of carbonyl (C=O) groups is 1. The lowest BCUT2D eigenvalue weighted by Crippen LogP contribution is -2.23. The number of hydrogen-bond acceptors (Lipinski definition) is 8. The zero-order valence-corrected chi connectivity index (χ0v) is 18.6. The van der Waals surface area contributed by atoms with E-state index in [0.717, 1.165) is 16.7 Å². The van der Waals surface area contributed by atoms with Gasteiger partial charge in [-0.25, -0.2) is 4.79 Å². The van der Waals surface area contributed by atoms with Crippen LogP contribution in [-0.2, 0) is 19.0 Å². The molecule has 0 saturated heterocycles. The Labute approximate surface area is 187 Å². The second kappa shape index (κ2) is 11.8. The number of anilines is 1. The monoisotopic (exact) mass is 440 g/mol. The zero-order chi connectivity index (χ0) is 22.8. The molecule has 0 fully saturated rings. The average Bonchev–Trinajstić information content (AvgIpc) is 3.24. The van der Waals surface area contributed by atoms with Gasteiger partial charge in [0.1, 0.15) is 24.5 Å². The van der Waals surface area contributed by atoms with E-state index in [4.69, 9.17) is 23.4 Å². The normalized spacial score (nSPS) is 11.4. The van der Waals surface area contributed by atoms with E-state index >= 15 is 0 Å². The summed E-state index contributed by atoms with van der Waals surface area (Å²) in [5.41, 5.74) is 2.38. The Bertz CT molecular complexity index is 995. The molecule has 32 heavy (non-hydrogen) atoms. The van der Waals surface area contributed by atoms with Crippen LogP contribution in [0.1, 0.15) is 12.5 Å². The molecule has 170 valence electrons. The van der Waals surface area contributed by atoms with Gasteiger partial charge in [0.2, 0.25) is 5.76 Å². The number of fused-ring (bicyclic) bond motifs is 1. The quantitative estimate of drug-likeness (QED) is 0.181. The van der Waals surface area contributed by atoms with Crippen LogP contribution in [-0.4, -0.2) is 58.1 Å². The maximum atomic E-state index is 12.1. The summed E-state index contributed by atoms with van der Waals surface area (Å²) >= 11 is 0. The van der Waals surface area contributed by atoms with Gasteiger partial charge in [0, 0.05) is 14.2 Å². The Morgan fingerprint density at radius 1 is 1.06 bits per heavy atom.